The predicted molar refractivity (Wildman–Crippen MR) is 81.3 cm³/mol. The van der Waals surface area contributed by atoms with Gasteiger partial charge in [0.25, 0.3) is 0 Å². The van der Waals surface area contributed by atoms with Crippen molar-refractivity contribution in [1.82, 2.24) is 9.80 Å². The molecule has 2 heterocycles. The number of carbonyl (C=O) groups excluding carboxylic acids is 2. The molecule has 6 nitrogen and oxygen atoms in total. The molecule has 0 bridgehead atoms. The number of ether oxygens (including phenoxy) is 2. The number of likely N-dealkylation sites (N-methyl/N-ethyl adjacent to an activating group) is 1. The van der Waals surface area contributed by atoms with Gasteiger partial charge in [0.05, 0.1) is 10.9 Å². The molecule has 2 rings (SSSR count). The van der Waals surface area contributed by atoms with E-state index in [1.807, 2.05) is 23.6 Å². The van der Waals surface area contributed by atoms with E-state index in [1.54, 1.807) is 14.1 Å². The fourth-order valence-corrected chi connectivity index (χ4v) is 4.11. The predicted octanol–water partition coefficient (Wildman–Crippen LogP) is 0.214. The summed E-state index contributed by atoms with van der Waals surface area (Å²) in [7, 11) is 3.45. The highest BCUT2D eigenvalue weighted by Gasteiger charge is 2.50. The Morgan fingerprint density at radius 3 is 2.67 bits per heavy atom. The van der Waals surface area contributed by atoms with Gasteiger partial charge >= 0.3 is 0 Å². The van der Waals surface area contributed by atoms with Crippen molar-refractivity contribution in [3.05, 3.63) is 0 Å². The van der Waals surface area contributed by atoms with Crippen molar-refractivity contribution in [2.45, 2.75) is 24.2 Å². The SMILES string of the molecule is CCOCC(=O)N1CC2(C[C@@H](OCC(=O)N(C)C)CS2)C1. The Kier molecular flexibility index (Phi) is 5.51. The van der Waals surface area contributed by atoms with E-state index in [2.05, 4.69) is 0 Å². The van der Waals surface area contributed by atoms with Gasteiger partial charge in [-0.2, -0.15) is 0 Å². The first-order valence-corrected chi connectivity index (χ1v) is 8.25. The number of nitrogens with zero attached hydrogens (tertiary/aromatic N) is 2. The van der Waals surface area contributed by atoms with Crippen molar-refractivity contribution in [1.29, 1.82) is 0 Å². The van der Waals surface area contributed by atoms with Gasteiger partial charge in [0.2, 0.25) is 11.8 Å². The van der Waals surface area contributed by atoms with Gasteiger partial charge in [0, 0.05) is 39.5 Å². The van der Waals surface area contributed by atoms with E-state index in [-0.39, 0.29) is 35.9 Å². The molecule has 7 heteroatoms. The quantitative estimate of drug-likeness (QED) is 0.701. The Bertz CT molecular complexity index is 396. The third-order valence-electron chi connectivity index (χ3n) is 3.86. The average Bonchev–Trinajstić information content (AvgIpc) is 2.84. The van der Waals surface area contributed by atoms with E-state index in [1.165, 1.54) is 4.90 Å². The van der Waals surface area contributed by atoms with Crippen LogP contribution in [0.25, 0.3) is 0 Å². The minimum atomic E-state index is -0.0110. The van der Waals surface area contributed by atoms with Crippen molar-refractivity contribution in [2.75, 3.05) is 52.8 Å². The fourth-order valence-electron chi connectivity index (χ4n) is 2.55. The molecule has 0 radical (unpaired) electrons. The average molecular weight is 316 g/mol. The van der Waals surface area contributed by atoms with Crippen molar-refractivity contribution in [2.24, 2.45) is 0 Å². The van der Waals surface area contributed by atoms with Crippen LogP contribution in [0.15, 0.2) is 0 Å². The van der Waals surface area contributed by atoms with Crippen molar-refractivity contribution >= 4 is 23.6 Å². The maximum absolute atomic E-state index is 11.8. The van der Waals surface area contributed by atoms with E-state index in [0.29, 0.717) is 6.61 Å². The maximum atomic E-state index is 11.8. The van der Waals surface area contributed by atoms with Crippen LogP contribution in [-0.4, -0.2) is 85.2 Å². The first-order chi connectivity index (χ1) is 9.96. The lowest BCUT2D eigenvalue weighted by Gasteiger charge is -2.47. The second-order valence-corrected chi connectivity index (χ2v) is 7.29. The second-order valence-electron chi connectivity index (χ2n) is 5.81. The molecule has 0 saturated carbocycles. The molecule has 2 aliphatic rings. The normalized spacial score (nSPS) is 23.2. The summed E-state index contributed by atoms with van der Waals surface area (Å²) in [6.07, 6.45) is 1.03. The van der Waals surface area contributed by atoms with Gasteiger partial charge in [0.15, 0.2) is 0 Å². The lowest BCUT2D eigenvalue weighted by molar-refractivity contribution is -0.141. The Balaban J connectivity index is 1.69. The molecule has 2 amide bonds. The molecule has 1 atom stereocenters. The van der Waals surface area contributed by atoms with E-state index < -0.39 is 0 Å². The highest BCUT2D eigenvalue weighted by atomic mass is 32.2. The molecule has 2 aliphatic heterocycles. The van der Waals surface area contributed by atoms with Crippen molar-refractivity contribution in [3.8, 4) is 0 Å². The molecule has 2 fully saturated rings. The summed E-state index contributed by atoms with van der Waals surface area (Å²) in [4.78, 5) is 26.7. The highest BCUT2D eigenvalue weighted by molar-refractivity contribution is 8.01. The molecule has 0 unspecified atom stereocenters. The molecule has 120 valence electrons. The number of rotatable bonds is 6. The Labute approximate surface area is 130 Å². The van der Waals surface area contributed by atoms with E-state index in [4.69, 9.17) is 9.47 Å². The first-order valence-electron chi connectivity index (χ1n) is 7.27. The van der Waals surface area contributed by atoms with Crippen molar-refractivity contribution in [3.63, 3.8) is 0 Å². The van der Waals surface area contributed by atoms with Gasteiger partial charge in [-0.25, -0.2) is 0 Å². The smallest absolute Gasteiger partial charge is 0.248 e. The molecule has 0 aliphatic carbocycles. The van der Waals surface area contributed by atoms with Gasteiger partial charge in [-0.15, -0.1) is 11.8 Å². The number of amides is 2. The van der Waals surface area contributed by atoms with Crippen LogP contribution in [0.2, 0.25) is 0 Å². The van der Waals surface area contributed by atoms with Crippen LogP contribution in [0.3, 0.4) is 0 Å². The molecular formula is C14H24N2O4S. The standard InChI is InChI=1S/C14H24N2O4S/c1-4-19-6-13(18)16-9-14(10-16)5-11(8-21-14)20-7-12(17)15(2)3/h11H,4-10H2,1-3H3/t11-/m1/s1. The third-order valence-corrected chi connectivity index (χ3v) is 5.43. The zero-order chi connectivity index (χ0) is 15.5. The lowest BCUT2D eigenvalue weighted by atomic mass is 9.93. The molecule has 0 aromatic rings. The fraction of sp³-hybridized carbons (Fsp3) is 0.857. The first kappa shape index (κ1) is 16.6. The summed E-state index contributed by atoms with van der Waals surface area (Å²) >= 11 is 1.86. The third kappa shape index (κ3) is 4.11. The van der Waals surface area contributed by atoms with E-state index >= 15 is 0 Å². The minimum absolute atomic E-state index is 0.0110. The number of carbonyl (C=O) groups is 2. The van der Waals surface area contributed by atoms with Crippen LogP contribution in [0.1, 0.15) is 13.3 Å². The summed E-state index contributed by atoms with van der Waals surface area (Å²) < 4.78 is 11.0. The van der Waals surface area contributed by atoms with Crippen LogP contribution in [-0.2, 0) is 19.1 Å². The van der Waals surface area contributed by atoms with Gasteiger partial charge in [0.1, 0.15) is 13.2 Å². The molecule has 1 spiro atoms. The zero-order valence-corrected chi connectivity index (χ0v) is 13.8. The Hall–Kier alpha value is -0.790. The number of thioether (sulfide) groups is 1. The topological polar surface area (TPSA) is 59.1 Å². The zero-order valence-electron chi connectivity index (χ0n) is 13.0. The highest BCUT2D eigenvalue weighted by Crippen LogP contribution is 2.45. The Morgan fingerprint density at radius 2 is 2.05 bits per heavy atom. The minimum Gasteiger partial charge on any atom is -0.372 e. The molecule has 0 N–H and O–H groups in total. The molecule has 2 saturated heterocycles. The number of hydrogen-bond acceptors (Lipinski definition) is 5. The van der Waals surface area contributed by atoms with E-state index in [0.717, 1.165) is 25.3 Å². The van der Waals surface area contributed by atoms with E-state index in [9.17, 15) is 9.59 Å². The van der Waals surface area contributed by atoms with Gasteiger partial charge in [-0.05, 0) is 13.3 Å². The number of likely N-dealkylation sites (tertiary alicyclic amines) is 1. The van der Waals surface area contributed by atoms with Crippen LogP contribution >= 0.6 is 11.8 Å². The maximum Gasteiger partial charge on any atom is 0.248 e. The molecular weight excluding hydrogens is 292 g/mol. The summed E-state index contributed by atoms with van der Waals surface area (Å²) in [6.45, 7) is 4.30. The van der Waals surface area contributed by atoms with Gasteiger partial charge in [-0.1, -0.05) is 0 Å². The monoisotopic (exact) mass is 316 g/mol. The van der Waals surface area contributed by atoms with Crippen LogP contribution in [0.4, 0.5) is 0 Å². The molecule has 0 aromatic heterocycles. The van der Waals surface area contributed by atoms with Crippen LogP contribution < -0.4 is 0 Å². The summed E-state index contributed by atoms with van der Waals surface area (Å²) in [5.74, 6) is 0.951. The molecule has 0 aromatic carbocycles. The second kappa shape index (κ2) is 6.98. The molecule has 21 heavy (non-hydrogen) atoms. The lowest BCUT2D eigenvalue weighted by Crippen LogP contribution is -2.61. The summed E-state index contributed by atoms with van der Waals surface area (Å²) in [6, 6.07) is 0. The summed E-state index contributed by atoms with van der Waals surface area (Å²) in [5.41, 5.74) is 0. The summed E-state index contributed by atoms with van der Waals surface area (Å²) in [5, 5.41) is 0. The Morgan fingerprint density at radius 1 is 1.33 bits per heavy atom. The van der Waals surface area contributed by atoms with Crippen LogP contribution in [0.5, 0.6) is 0 Å². The van der Waals surface area contributed by atoms with Gasteiger partial charge < -0.3 is 19.3 Å². The largest absolute Gasteiger partial charge is 0.372 e. The van der Waals surface area contributed by atoms with Crippen molar-refractivity contribution < 1.29 is 19.1 Å². The number of hydrogen-bond donors (Lipinski definition) is 0. The van der Waals surface area contributed by atoms with Gasteiger partial charge in [-0.3, -0.25) is 9.59 Å². The van der Waals surface area contributed by atoms with Crippen LogP contribution in [0, 0.1) is 0 Å².